The van der Waals surface area contributed by atoms with Gasteiger partial charge in [0, 0.05) is 0 Å². The van der Waals surface area contributed by atoms with Gasteiger partial charge in [-0.15, -0.1) is 4.90 Å². The summed E-state index contributed by atoms with van der Waals surface area (Å²) in [7, 11) is 0. The molecule has 1 aliphatic heterocycles. The van der Waals surface area contributed by atoms with E-state index >= 15 is 0 Å². The largest absolute Gasteiger partial charge is 0.467 e. The lowest BCUT2D eigenvalue weighted by atomic mass is 9.82. The minimum atomic E-state index is -7.85. The molecule has 1 heterocycles. The van der Waals surface area contributed by atoms with Gasteiger partial charge >= 0.3 is 30.1 Å². The lowest BCUT2D eigenvalue weighted by Gasteiger charge is -2.54. The zero-order valence-corrected chi connectivity index (χ0v) is 12.9. The molecule has 0 N–H and O–H groups in total. The van der Waals surface area contributed by atoms with E-state index in [1.54, 1.807) is 0 Å². The number of rotatable bonds is 1. The third-order valence-electron chi connectivity index (χ3n) is 3.97. The Labute approximate surface area is 151 Å². The second kappa shape index (κ2) is 6.03. The minimum absolute atomic E-state index is 3.35. The van der Waals surface area contributed by atoms with E-state index < -0.39 is 75.5 Å². The molecule has 18 heteroatoms. The molecule has 30 heavy (non-hydrogen) atoms. The van der Waals surface area contributed by atoms with E-state index in [2.05, 4.69) is 0 Å². The number of nitrogens with zero attached hydrogens (tertiary/aromatic N) is 1. The van der Waals surface area contributed by atoms with E-state index in [0.717, 1.165) is 0 Å². The summed E-state index contributed by atoms with van der Waals surface area (Å²) in [6.07, 6.45) is -7.57. The molecule has 0 spiro atoms. The third-order valence-corrected chi connectivity index (χ3v) is 3.97. The molecule has 1 atom stereocenters. The van der Waals surface area contributed by atoms with Crippen molar-refractivity contribution < 1.29 is 74.6 Å². The molecule has 0 aliphatic carbocycles. The molecule has 0 unspecified atom stereocenters. The zero-order valence-electron chi connectivity index (χ0n) is 12.9. The van der Waals surface area contributed by atoms with Crippen LogP contribution in [-0.4, -0.2) is 35.0 Å². The Morgan fingerprint density at radius 3 is 1.17 bits per heavy atom. The van der Waals surface area contributed by atoms with Gasteiger partial charge in [-0.3, -0.25) is 0 Å². The fraction of sp³-hybridized carbons (Fsp3) is 0.500. The molecule has 0 aromatic heterocycles. The number of halogens is 17. The summed E-state index contributed by atoms with van der Waals surface area (Å²) < 4.78 is 228. The van der Waals surface area contributed by atoms with E-state index in [1.807, 2.05) is 0 Å². The highest BCUT2D eigenvalue weighted by Gasteiger charge is 2.97. The maximum atomic E-state index is 14.8. The molecule has 0 amide bonds. The maximum Gasteiger partial charge on any atom is 0.467 e. The van der Waals surface area contributed by atoms with Gasteiger partial charge in [0.05, 0.1) is 5.56 Å². The number of hydrogen-bond acceptors (Lipinski definition) is 1. The Hall–Kier alpha value is -2.01. The molecule has 0 saturated carbocycles. The number of benzene rings is 1. The highest BCUT2D eigenvalue weighted by molar-refractivity contribution is 5.35. The fourth-order valence-electron chi connectivity index (χ4n) is 2.57. The SMILES string of the molecule is Fc1c(F)c(F)c([C@]2(F)N(C(F)(F)F)C(F)(F)C(F)(F)C(F)(F)C2(F)F)c(F)c1F. The zero-order chi connectivity index (χ0) is 24.0. The Kier molecular flexibility index (Phi) is 4.88. The summed E-state index contributed by atoms with van der Waals surface area (Å²) in [6, 6.07) is -7.73. The predicted molar refractivity (Wildman–Crippen MR) is 56.7 cm³/mol. The first-order valence-electron chi connectivity index (χ1n) is 6.63. The lowest BCUT2D eigenvalue weighted by molar-refractivity contribution is -0.532. The molecule has 1 aromatic rings. The molecule has 172 valence electrons. The predicted octanol–water partition coefficient (Wildman–Crippen LogP) is 5.84. The van der Waals surface area contributed by atoms with Gasteiger partial charge in [-0.1, -0.05) is 0 Å². The van der Waals surface area contributed by atoms with Crippen LogP contribution >= 0.6 is 0 Å². The monoisotopic (exact) mass is 481 g/mol. The topological polar surface area (TPSA) is 3.24 Å². The first-order chi connectivity index (χ1) is 13.0. The third kappa shape index (κ3) is 2.41. The van der Waals surface area contributed by atoms with Crippen LogP contribution in [0.25, 0.3) is 0 Å². The van der Waals surface area contributed by atoms with Gasteiger partial charge in [-0.2, -0.15) is 48.3 Å². The van der Waals surface area contributed by atoms with Gasteiger partial charge in [0.25, 0.3) is 5.79 Å². The van der Waals surface area contributed by atoms with Crippen molar-refractivity contribution >= 4 is 0 Å². The first kappa shape index (κ1) is 24.3. The van der Waals surface area contributed by atoms with Crippen LogP contribution in [-0.2, 0) is 5.79 Å². The van der Waals surface area contributed by atoms with Crippen molar-refractivity contribution in [3.8, 4) is 0 Å². The van der Waals surface area contributed by atoms with Gasteiger partial charge in [0.1, 0.15) is 0 Å². The summed E-state index contributed by atoms with van der Waals surface area (Å²) in [6.45, 7) is 0. The van der Waals surface area contributed by atoms with Crippen molar-refractivity contribution in [1.82, 2.24) is 4.90 Å². The first-order valence-corrected chi connectivity index (χ1v) is 6.63. The van der Waals surface area contributed by atoms with E-state index in [4.69, 9.17) is 0 Å². The van der Waals surface area contributed by atoms with Crippen molar-refractivity contribution in [2.45, 2.75) is 35.9 Å². The molecule has 0 radical (unpaired) electrons. The summed E-state index contributed by atoms with van der Waals surface area (Å²) in [5.41, 5.74) is -4.20. The summed E-state index contributed by atoms with van der Waals surface area (Å²) in [5.74, 6) is -49.4. The normalized spacial score (nSPS) is 27.9. The molecule has 1 nitrogen and oxygen atoms in total. The minimum Gasteiger partial charge on any atom is -0.213 e. The Balaban J connectivity index is 3.19. The van der Waals surface area contributed by atoms with Crippen LogP contribution < -0.4 is 0 Å². The van der Waals surface area contributed by atoms with Crippen molar-refractivity contribution in [2.75, 3.05) is 0 Å². The second-order valence-electron chi connectivity index (χ2n) is 5.63. The summed E-state index contributed by atoms with van der Waals surface area (Å²) in [5, 5.41) is 0. The van der Waals surface area contributed by atoms with E-state index in [1.165, 1.54) is 0 Å². The quantitative estimate of drug-likeness (QED) is 0.211. The lowest BCUT2D eigenvalue weighted by Crippen LogP contribution is -2.83. The van der Waals surface area contributed by atoms with Crippen molar-refractivity contribution in [3.63, 3.8) is 0 Å². The van der Waals surface area contributed by atoms with E-state index in [0.29, 0.717) is 0 Å². The van der Waals surface area contributed by atoms with Gasteiger partial charge in [-0.25, -0.2) is 26.3 Å². The molecule has 0 bridgehead atoms. The molecular weight excluding hydrogens is 481 g/mol. The van der Waals surface area contributed by atoms with E-state index in [9.17, 15) is 74.6 Å². The fourth-order valence-corrected chi connectivity index (χ4v) is 2.57. The van der Waals surface area contributed by atoms with E-state index in [-0.39, 0.29) is 0 Å². The Morgan fingerprint density at radius 1 is 0.500 bits per heavy atom. The second-order valence-corrected chi connectivity index (χ2v) is 5.63. The van der Waals surface area contributed by atoms with Crippen molar-refractivity contribution in [1.29, 1.82) is 0 Å². The van der Waals surface area contributed by atoms with Gasteiger partial charge in [0.2, 0.25) is 5.82 Å². The highest BCUT2D eigenvalue weighted by Crippen LogP contribution is 2.69. The van der Waals surface area contributed by atoms with Crippen LogP contribution in [0.4, 0.5) is 74.6 Å². The number of hydrogen-bond donors (Lipinski definition) is 0. The summed E-state index contributed by atoms with van der Waals surface area (Å²) >= 11 is 0. The molecular formula is C12F17N. The molecule has 1 saturated heterocycles. The average molecular weight is 481 g/mol. The number of alkyl halides is 12. The average Bonchev–Trinajstić information content (AvgIpc) is 2.55. The van der Waals surface area contributed by atoms with Gasteiger partial charge in [-0.05, 0) is 0 Å². The van der Waals surface area contributed by atoms with Gasteiger partial charge < -0.3 is 0 Å². The van der Waals surface area contributed by atoms with Gasteiger partial charge in [0.15, 0.2) is 23.3 Å². The number of likely N-dealkylation sites (tertiary alicyclic amines) is 1. The molecule has 2 rings (SSSR count). The standard InChI is InChI=1S/C12F17N/c13-2-1(3(14)5(16)6(17)4(2)15)7(18)8(19,20)9(21,22)10(23,24)11(25,26)30(7)12(27,28)29/t7-/m0/s1. The van der Waals surface area contributed by atoms with Crippen molar-refractivity contribution in [3.05, 3.63) is 34.6 Å². The van der Waals surface area contributed by atoms with Crippen LogP contribution in [0.3, 0.4) is 0 Å². The smallest absolute Gasteiger partial charge is 0.213 e. The van der Waals surface area contributed by atoms with Crippen LogP contribution in [0.1, 0.15) is 5.56 Å². The number of piperidine rings is 1. The summed E-state index contributed by atoms with van der Waals surface area (Å²) in [4.78, 5) is -4.03. The van der Waals surface area contributed by atoms with Crippen LogP contribution in [0.2, 0.25) is 0 Å². The highest BCUT2D eigenvalue weighted by atomic mass is 19.4. The molecule has 1 aliphatic rings. The Morgan fingerprint density at radius 2 is 0.833 bits per heavy atom. The maximum absolute atomic E-state index is 14.8. The van der Waals surface area contributed by atoms with Crippen LogP contribution in [0, 0.1) is 29.1 Å². The van der Waals surface area contributed by atoms with Crippen molar-refractivity contribution in [2.24, 2.45) is 0 Å². The van der Waals surface area contributed by atoms with Crippen LogP contribution in [0.15, 0.2) is 0 Å². The van der Waals surface area contributed by atoms with Crippen LogP contribution in [0.5, 0.6) is 0 Å². The molecule has 1 fully saturated rings. The molecule has 1 aromatic carbocycles. The Bertz CT molecular complexity index is 857.